The van der Waals surface area contributed by atoms with Crippen LogP contribution in [-0.4, -0.2) is 46.6 Å². The lowest BCUT2D eigenvalue weighted by Gasteiger charge is -2.28. The number of hydrogen-bond acceptors (Lipinski definition) is 5. The molecule has 2 N–H and O–H groups in total. The van der Waals surface area contributed by atoms with Gasteiger partial charge in [0.15, 0.2) is 0 Å². The Hall–Kier alpha value is -2.51. The number of carbonyl (C=O) groups excluding carboxylic acids is 2. The maximum absolute atomic E-state index is 13.2. The van der Waals surface area contributed by atoms with Gasteiger partial charge >= 0.3 is 6.09 Å². The Bertz CT molecular complexity index is 848. The van der Waals surface area contributed by atoms with Crippen molar-refractivity contribution in [3.8, 4) is 5.88 Å². The first-order valence-electron chi connectivity index (χ1n) is 11.0. The standard InChI is InChI=1S/C23H36N4O4/c1-16(2)14-31-19-17(18(28)25-23-9-7-22(5,15-23)8-10-23)13-24-27(19)12-11-21(3,4)26-20(29)30-6/h11-13,16H,7-10,14-15H2,1-6H3,(H,25,28)(H,26,29)/b12-11+. The van der Waals surface area contributed by atoms with Crippen LogP contribution in [0.2, 0.25) is 0 Å². The van der Waals surface area contributed by atoms with Crippen LogP contribution in [0.1, 0.15) is 77.1 Å². The second-order valence-electron chi connectivity index (χ2n) is 10.4. The first kappa shape index (κ1) is 23.2. The maximum atomic E-state index is 13.2. The molecule has 2 bridgehead atoms. The van der Waals surface area contributed by atoms with Gasteiger partial charge in [-0.05, 0) is 63.4 Å². The maximum Gasteiger partial charge on any atom is 0.407 e. The number of aromatic nitrogens is 2. The molecule has 172 valence electrons. The number of methoxy groups -OCH3 is 1. The van der Waals surface area contributed by atoms with E-state index in [4.69, 9.17) is 4.74 Å². The number of ether oxygens (including phenoxy) is 2. The number of alkyl carbamates (subject to hydrolysis) is 1. The highest BCUT2D eigenvalue weighted by molar-refractivity contribution is 5.97. The van der Waals surface area contributed by atoms with Gasteiger partial charge in [0.1, 0.15) is 5.56 Å². The molecule has 0 unspecified atom stereocenters. The van der Waals surface area contributed by atoms with E-state index in [0.29, 0.717) is 29.4 Å². The van der Waals surface area contributed by atoms with Crippen molar-refractivity contribution in [2.45, 2.75) is 77.8 Å². The molecule has 2 saturated carbocycles. The monoisotopic (exact) mass is 432 g/mol. The van der Waals surface area contributed by atoms with Crippen LogP contribution in [-0.2, 0) is 4.74 Å². The van der Waals surface area contributed by atoms with Crippen molar-refractivity contribution in [3.63, 3.8) is 0 Å². The normalized spacial score (nSPS) is 25.3. The molecule has 1 aromatic heterocycles. The highest BCUT2D eigenvalue weighted by Gasteiger charge is 2.52. The zero-order valence-electron chi connectivity index (χ0n) is 19.6. The summed E-state index contributed by atoms with van der Waals surface area (Å²) in [4.78, 5) is 24.8. The van der Waals surface area contributed by atoms with Crippen LogP contribution >= 0.6 is 0 Å². The van der Waals surface area contributed by atoms with Crippen LogP contribution in [0.3, 0.4) is 0 Å². The van der Waals surface area contributed by atoms with Gasteiger partial charge in [0, 0.05) is 11.7 Å². The van der Waals surface area contributed by atoms with Crippen LogP contribution in [0.25, 0.3) is 6.20 Å². The molecule has 2 amide bonds. The summed E-state index contributed by atoms with van der Waals surface area (Å²) >= 11 is 0. The summed E-state index contributed by atoms with van der Waals surface area (Å²) in [5.74, 6) is 0.563. The van der Waals surface area contributed by atoms with Crippen molar-refractivity contribution in [2.75, 3.05) is 13.7 Å². The molecule has 3 rings (SSSR count). The number of nitrogens with one attached hydrogen (secondary N) is 2. The zero-order valence-corrected chi connectivity index (χ0v) is 19.6. The van der Waals surface area contributed by atoms with Gasteiger partial charge < -0.3 is 20.1 Å². The van der Waals surface area contributed by atoms with Gasteiger partial charge in [-0.2, -0.15) is 5.10 Å². The number of hydrogen-bond donors (Lipinski definition) is 2. The Morgan fingerprint density at radius 2 is 1.97 bits per heavy atom. The summed E-state index contributed by atoms with van der Waals surface area (Å²) in [7, 11) is 1.32. The van der Waals surface area contributed by atoms with E-state index in [-0.39, 0.29) is 11.4 Å². The fourth-order valence-electron chi connectivity index (χ4n) is 4.60. The van der Waals surface area contributed by atoms with E-state index in [1.807, 2.05) is 13.8 Å². The third kappa shape index (κ3) is 5.40. The number of amides is 2. The number of fused-ring (bicyclic) bond motifs is 2. The Labute approximate surface area is 184 Å². The van der Waals surface area contributed by atoms with E-state index >= 15 is 0 Å². The van der Waals surface area contributed by atoms with Gasteiger partial charge in [-0.1, -0.05) is 20.8 Å². The van der Waals surface area contributed by atoms with E-state index in [1.54, 1.807) is 23.2 Å². The second kappa shape index (κ2) is 8.55. The summed E-state index contributed by atoms with van der Waals surface area (Å²) in [6.07, 6.45) is 9.92. The van der Waals surface area contributed by atoms with Crippen LogP contribution in [0, 0.1) is 11.3 Å². The van der Waals surface area contributed by atoms with Crippen LogP contribution in [0.15, 0.2) is 12.3 Å². The highest BCUT2D eigenvalue weighted by atomic mass is 16.5. The molecule has 0 atom stereocenters. The average molecular weight is 433 g/mol. The van der Waals surface area contributed by atoms with Gasteiger partial charge in [-0.15, -0.1) is 0 Å². The van der Waals surface area contributed by atoms with Gasteiger partial charge in [-0.25, -0.2) is 9.48 Å². The van der Waals surface area contributed by atoms with Crippen molar-refractivity contribution < 1.29 is 19.1 Å². The molecule has 2 aliphatic rings. The molecule has 31 heavy (non-hydrogen) atoms. The first-order valence-corrected chi connectivity index (χ1v) is 11.0. The van der Waals surface area contributed by atoms with Crippen LogP contribution < -0.4 is 15.4 Å². The molecule has 0 aliphatic heterocycles. The highest BCUT2D eigenvalue weighted by Crippen LogP contribution is 2.56. The largest absolute Gasteiger partial charge is 0.477 e. The molecule has 8 heteroatoms. The minimum Gasteiger partial charge on any atom is -0.477 e. The lowest BCUT2D eigenvalue weighted by atomic mass is 9.86. The molecule has 2 aliphatic carbocycles. The predicted molar refractivity (Wildman–Crippen MR) is 119 cm³/mol. The summed E-state index contributed by atoms with van der Waals surface area (Å²) in [5, 5.41) is 10.4. The number of carbonyl (C=O) groups is 2. The number of nitrogens with zero attached hydrogens (tertiary/aromatic N) is 2. The Balaban J connectivity index is 1.80. The third-order valence-corrected chi connectivity index (χ3v) is 6.35. The summed E-state index contributed by atoms with van der Waals surface area (Å²) < 4.78 is 12.2. The van der Waals surface area contributed by atoms with E-state index in [0.717, 1.165) is 32.1 Å². The molecule has 0 saturated heterocycles. The third-order valence-electron chi connectivity index (χ3n) is 6.35. The van der Waals surface area contributed by atoms with E-state index in [2.05, 4.69) is 41.2 Å². The fourth-order valence-corrected chi connectivity index (χ4v) is 4.60. The Kier molecular flexibility index (Phi) is 6.39. The first-order chi connectivity index (χ1) is 14.5. The lowest BCUT2D eigenvalue weighted by Crippen LogP contribution is -2.45. The lowest BCUT2D eigenvalue weighted by molar-refractivity contribution is 0.0895. The molecular formula is C23H36N4O4. The van der Waals surface area contributed by atoms with Crippen molar-refractivity contribution in [1.82, 2.24) is 20.4 Å². The van der Waals surface area contributed by atoms with Gasteiger partial charge in [0.05, 0.1) is 25.5 Å². The predicted octanol–water partition coefficient (Wildman–Crippen LogP) is 3.98. The van der Waals surface area contributed by atoms with E-state index in [9.17, 15) is 9.59 Å². The molecule has 0 radical (unpaired) electrons. The Morgan fingerprint density at radius 3 is 2.52 bits per heavy atom. The minimum atomic E-state index is -0.673. The van der Waals surface area contributed by atoms with Crippen molar-refractivity contribution in [2.24, 2.45) is 11.3 Å². The minimum absolute atomic E-state index is 0.106. The zero-order chi connectivity index (χ0) is 22.9. The quantitative estimate of drug-likeness (QED) is 0.648. The second-order valence-corrected chi connectivity index (χ2v) is 10.4. The molecule has 1 heterocycles. The molecule has 2 fully saturated rings. The average Bonchev–Trinajstić information content (AvgIpc) is 3.34. The SMILES string of the molecule is COC(=O)NC(C)(C)/C=C/n1ncc(C(=O)NC23CCC(C)(CC2)C3)c1OCC(C)C. The van der Waals surface area contributed by atoms with E-state index in [1.165, 1.54) is 7.11 Å². The van der Waals surface area contributed by atoms with Crippen molar-refractivity contribution in [1.29, 1.82) is 0 Å². The number of rotatable bonds is 8. The molecular weight excluding hydrogens is 396 g/mol. The Morgan fingerprint density at radius 1 is 1.29 bits per heavy atom. The smallest absolute Gasteiger partial charge is 0.407 e. The van der Waals surface area contributed by atoms with Crippen LogP contribution in [0.5, 0.6) is 5.88 Å². The summed E-state index contributed by atoms with van der Waals surface area (Å²) in [5.41, 5.74) is 0.00773. The van der Waals surface area contributed by atoms with Crippen molar-refractivity contribution >= 4 is 18.2 Å². The van der Waals surface area contributed by atoms with E-state index < -0.39 is 11.6 Å². The fraction of sp³-hybridized carbons (Fsp3) is 0.696. The van der Waals surface area contributed by atoms with Crippen molar-refractivity contribution in [3.05, 3.63) is 17.8 Å². The molecule has 0 aromatic carbocycles. The molecule has 0 spiro atoms. The van der Waals surface area contributed by atoms with Gasteiger partial charge in [0.25, 0.3) is 5.91 Å². The van der Waals surface area contributed by atoms with Crippen LogP contribution in [0.4, 0.5) is 4.79 Å². The van der Waals surface area contributed by atoms with Gasteiger partial charge in [-0.3, -0.25) is 4.79 Å². The topological polar surface area (TPSA) is 94.5 Å². The van der Waals surface area contributed by atoms with Gasteiger partial charge in [0.2, 0.25) is 5.88 Å². The molecule has 8 nitrogen and oxygen atoms in total. The summed E-state index contributed by atoms with van der Waals surface area (Å²) in [6, 6.07) is 0. The molecule has 1 aromatic rings. The summed E-state index contributed by atoms with van der Waals surface area (Å²) in [6.45, 7) is 10.6.